The van der Waals surface area contributed by atoms with Crippen LogP contribution < -0.4 is 0 Å². The van der Waals surface area contributed by atoms with Gasteiger partial charge in [-0.1, -0.05) is 103 Å². The molecule has 0 unspecified atom stereocenters. The quantitative estimate of drug-likeness (QED) is 0.187. The summed E-state index contributed by atoms with van der Waals surface area (Å²) in [6.45, 7) is 0. The van der Waals surface area contributed by atoms with Crippen molar-refractivity contribution in [1.29, 1.82) is 0 Å². The number of para-hydroxylation sites is 1. The minimum absolute atomic E-state index is 0.695. The van der Waals surface area contributed by atoms with Crippen molar-refractivity contribution >= 4 is 70.4 Å². The smallest absolute Gasteiger partial charge is 0.235 e. The van der Waals surface area contributed by atoms with Crippen molar-refractivity contribution in [2.75, 3.05) is 0 Å². The van der Waals surface area contributed by atoms with Crippen LogP contribution in [0, 0.1) is 0 Å². The van der Waals surface area contributed by atoms with Crippen LogP contribution in [0.3, 0.4) is 0 Å². The molecule has 0 atom stereocenters. The Hall–Kier alpha value is -6.30. The van der Waals surface area contributed by atoms with Gasteiger partial charge < -0.3 is 4.57 Å². The topological polar surface area (TPSA) is 35.6 Å². The number of thiophene rings is 1. The van der Waals surface area contributed by atoms with Crippen molar-refractivity contribution in [2.24, 2.45) is 0 Å². The number of aromatic nitrogens is 4. The molecule has 4 nitrogen and oxygen atoms in total. The summed E-state index contributed by atoms with van der Waals surface area (Å²) in [7, 11) is 0. The Labute approximate surface area is 298 Å². The lowest BCUT2D eigenvalue weighted by Gasteiger charge is -2.13. The summed E-state index contributed by atoms with van der Waals surface area (Å²) in [6, 6.07) is 50.5. The molecule has 10 aromatic rings. The molecule has 1 aliphatic carbocycles. The summed E-state index contributed by atoms with van der Waals surface area (Å²) in [5, 5.41) is 4.89. The highest BCUT2D eigenvalue weighted by Gasteiger charge is 2.21. The zero-order valence-electron chi connectivity index (χ0n) is 27.6. The van der Waals surface area contributed by atoms with Crippen LogP contribution in [0.15, 0.2) is 152 Å². The first-order chi connectivity index (χ1) is 25.3. The van der Waals surface area contributed by atoms with Gasteiger partial charge in [0, 0.05) is 37.6 Å². The van der Waals surface area contributed by atoms with Crippen molar-refractivity contribution in [1.82, 2.24) is 19.1 Å². The van der Waals surface area contributed by atoms with E-state index in [4.69, 9.17) is 9.97 Å². The van der Waals surface area contributed by atoms with Gasteiger partial charge in [-0.05, 0) is 89.2 Å². The van der Waals surface area contributed by atoms with Crippen molar-refractivity contribution in [3.63, 3.8) is 0 Å². The predicted molar refractivity (Wildman–Crippen MR) is 214 cm³/mol. The number of fused-ring (bicyclic) bond motifs is 9. The third kappa shape index (κ3) is 4.38. The SMILES string of the molecule is C1=Cc2c(c3cc(-c4ccc5c6ccccc6n(-c6ncc7sc8ccccc8c7n6)c5c4)ccc3n2-c2ccc(-c3ccccc3)cc2)CC1. The summed E-state index contributed by atoms with van der Waals surface area (Å²) in [6.07, 6.45) is 8.69. The molecular weight excluding hydrogens is 641 g/mol. The molecule has 11 rings (SSSR count). The molecule has 0 bridgehead atoms. The Kier molecular flexibility index (Phi) is 6.21. The number of benzene rings is 6. The number of nitrogens with zero attached hydrogens (tertiary/aromatic N) is 4. The highest BCUT2D eigenvalue weighted by Crippen LogP contribution is 2.39. The summed E-state index contributed by atoms with van der Waals surface area (Å²) < 4.78 is 7.00. The Morgan fingerprint density at radius 1 is 0.529 bits per heavy atom. The van der Waals surface area contributed by atoms with Gasteiger partial charge >= 0.3 is 0 Å². The summed E-state index contributed by atoms with van der Waals surface area (Å²) in [5.41, 5.74) is 13.2. The molecule has 5 heteroatoms. The van der Waals surface area contributed by atoms with E-state index in [0.29, 0.717) is 5.95 Å². The minimum Gasteiger partial charge on any atom is -0.310 e. The van der Waals surface area contributed by atoms with E-state index in [9.17, 15) is 0 Å². The van der Waals surface area contributed by atoms with Crippen LogP contribution in [0.4, 0.5) is 0 Å². The van der Waals surface area contributed by atoms with Gasteiger partial charge in [0.2, 0.25) is 5.95 Å². The minimum atomic E-state index is 0.695. The van der Waals surface area contributed by atoms with E-state index >= 15 is 0 Å². The fraction of sp³-hybridized carbons (Fsp3) is 0.0435. The maximum absolute atomic E-state index is 5.20. The molecule has 4 heterocycles. The summed E-state index contributed by atoms with van der Waals surface area (Å²) in [4.78, 5) is 10.1. The normalized spacial score (nSPS) is 12.9. The Bertz CT molecular complexity index is 3020. The monoisotopic (exact) mass is 670 g/mol. The van der Waals surface area contributed by atoms with Crippen LogP contribution in [0.1, 0.15) is 17.7 Å². The molecule has 6 aromatic carbocycles. The lowest BCUT2D eigenvalue weighted by molar-refractivity contribution is 0.967. The number of rotatable bonds is 4. The first-order valence-corrected chi connectivity index (χ1v) is 18.3. The number of aryl methyl sites for hydroxylation is 1. The number of hydrogen-bond donors (Lipinski definition) is 0. The molecule has 4 aromatic heterocycles. The molecular formula is C46H30N4S. The summed E-state index contributed by atoms with van der Waals surface area (Å²) >= 11 is 1.74. The van der Waals surface area contributed by atoms with Gasteiger partial charge in [0.05, 0.1) is 33.0 Å². The molecule has 0 radical (unpaired) electrons. The maximum Gasteiger partial charge on any atom is 0.235 e. The average Bonchev–Trinajstić information content (AvgIpc) is 3.85. The Balaban J connectivity index is 1.07. The lowest BCUT2D eigenvalue weighted by Crippen LogP contribution is -2.00. The van der Waals surface area contributed by atoms with Crippen LogP contribution in [0.25, 0.3) is 93.0 Å². The largest absolute Gasteiger partial charge is 0.310 e. The molecule has 0 spiro atoms. The van der Waals surface area contributed by atoms with E-state index in [0.717, 1.165) is 34.1 Å². The van der Waals surface area contributed by atoms with Crippen molar-refractivity contribution in [3.8, 4) is 33.9 Å². The second kappa shape index (κ2) is 11.1. The van der Waals surface area contributed by atoms with Gasteiger partial charge in [-0.2, -0.15) is 0 Å². The maximum atomic E-state index is 5.20. The van der Waals surface area contributed by atoms with E-state index in [1.165, 1.54) is 71.0 Å². The second-order valence-corrected chi connectivity index (χ2v) is 14.4. The van der Waals surface area contributed by atoms with E-state index in [2.05, 4.69) is 161 Å². The summed E-state index contributed by atoms with van der Waals surface area (Å²) in [5.74, 6) is 0.695. The molecule has 0 aliphatic heterocycles. The Morgan fingerprint density at radius 2 is 1.24 bits per heavy atom. The van der Waals surface area contributed by atoms with Crippen molar-refractivity contribution in [2.45, 2.75) is 12.8 Å². The van der Waals surface area contributed by atoms with E-state index < -0.39 is 0 Å². The van der Waals surface area contributed by atoms with Gasteiger partial charge in [0.15, 0.2) is 0 Å². The van der Waals surface area contributed by atoms with E-state index in [-0.39, 0.29) is 0 Å². The number of allylic oxidation sites excluding steroid dienone is 1. The van der Waals surface area contributed by atoms with Crippen molar-refractivity contribution < 1.29 is 0 Å². The molecule has 0 amide bonds. The van der Waals surface area contributed by atoms with Gasteiger partial charge in [-0.15, -0.1) is 11.3 Å². The molecule has 0 saturated carbocycles. The predicted octanol–water partition coefficient (Wildman–Crippen LogP) is 12.2. The molecule has 0 N–H and O–H groups in total. The van der Waals surface area contributed by atoms with Gasteiger partial charge in [0.1, 0.15) is 0 Å². The molecule has 0 fully saturated rings. The third-order valence-electron chi connectivity index (χ3n) is 10.5. The van der Waals surface area contributed by atoms with Crippen LogP contribution in [0.2, 0.25) is 0 Å². The second-order valence-electron chi connectivity index (χ2n) is 13.4. The Morgan fingerprint density at radius 3 is 2.14 bits per heavy atom. The van der Waals surface area contributed by atoms with E-state index in [1.807, 2.05) is 6.20 Å². The average molecular weight is 671 g/mol. The van der Waals surface area contributed by atoms with Gasteiger partial charge in [-0.25, -0.2) is 9.97 Å². The van der Waals surface area contributed by atoms with Crippen LogP contribution in [0.5, 0.6) is 0 Å². The van der Waals surface area contributed by atoms with Crippen molar-refractivity contribution in [3.05, 3.63) is 163 Å². The van der Waals surface area contributed by atoms with Crippen LogP contribution in [-0.2, 0) is 6.42 Å². The van der Waals surface area contributed by atoms with Gasteiger partial charge in [-0.3, -0.25) is 4.57 Å². The zero-order chi connectivity index (χ0) is 33.5. The standard InChI is InChI=1S/C46H30N4S/c1-2-10-29(11-3-1)30-18-22-33(23-19-30)49-39-15-7-5-13-35(39)38-26-31(21-25-41(38)49)32-20-24-36-34-12-4-8-16-40(34)50(42(36)27-32)46-47-28-44-45(48-46)37-14-6-9-17-43(37)51-44/h1-4,6-12,14-28H,5,13H2. The number of hydrogen-bond acceptors (Lipinski definition) is 3. The lowest BCUT2D eigenvalue weighted by atomic mass is 9.97. The first kappa shape index (κ1) is 28.5. The fourth-order valence-electron chi connectivity index (χ4n) is 8.10. The van der Waals surface area contributed by atoms with Gasteiger partial charge in [0.25, 0.3) is 0 Å². The molecule has 0 saturated heterocycles. The molecule has 1 aliphatic rings. The highest BCUT2D eigenvalue weighted by molar-refractivity contribution is 7.25. The molecule has 240 valence electrons. The molecule has 51 heavy (non-hydrogen) atoms. The van der Waals surface area contributed by atoms with E-state index in [1.54, 1.807) is 11.3 Å². The van der Waals surface area contributed by atoms with Crippen LogP contribution >= 0.6 is 11.3 Å². The fourth-order valence-corrected chi connectivity index (χ4v) is 9.12. The van der Waals surface area contributed by atoms with Crippen LogP contribution in [-0.4, -0.2) is 19.1 Å². The zero-order valence-corrected chi connectivity index (χ0v) is 28.4. The first-order valence-electron chi connectivity index (χ1n) is 17.5. The third-order valence-corrected chi connectivity index (χ3v) is 11.6. The highest BCUT2D eigenvalue weighted by atomic mass is 32.1.